The van der Waals surface area contributed by atoms with Crippen molar-refractivity contribution >= 4 is 22.8 Å². The third-order valence-corrected chi connectivity index (χ3v) is 4.21. The van der Waals surface area contributed by atoms with Crippen molar-refractivity contribution in [1.29, 1.82) is 0 Å². The molecule has 0 amide bonds. The van der Waals surface area contributed by atoms with Gasteiger partial charge in [-0.2, -0.15) is 0 Å². The average molecular weight is 294 g/mol. The molecule has 1 aliphatic rings. The SMILES string of the molecule is Cc1ccnc2c1nc(CCCl)n2CC1(C)CCCO1. The maximum absolute atomic E-state index is 5.92. The lowest BCUT2D eigenvalue weighted by molar-refractivity contribution is 0.00642. The molecular weight excluding hydrogens is 274 g/mol. The van der Waals surface area contributed by atoms with Crippen LogP contribution in [0.4, 0.5) is 0 Å². The van der Waals surface area contributed by atoms with Crippen molar-refractivity contribution in [2.75, 3.05) is 12.5 Å². The molecule has 20 heavy (non-hydrogen) atoms. The van der Waals surface area contributed by atoms with E-state index in [1.165, 1.54) is 0 Å². The summed E-state index contributed by atoms with van der Waals surface area (Å²) in [6, 6.07) is 2.00. The summed E-state index contributed by atoms with van der Waals surface area (Å²) >= 11 is 5.92. The van der Waals surface area contributed by atoms with Crippen LogP contribution in [-0.2, 0) is 17.7 Å². The molecule has 108 valence electrons. The number of halogens is 1. The number of hydrogen-bond acceptors (Lipinski definition) is 3. The maximum Gasteiger partial charge on any atom is 0.160 e. The highest BCUT2D eigenvalue weighted by Crippen LogP contribution is 2.29. The first-order valence-electron chi connectivity index (χ1n) is 7.14. The van der Waals surface area contributed by atoms with Crippen molar-refractivity contribution in [3.8, 4) is 0 Å². The van der Waals surface area contributed by atoms with Crippen LogP contribution in [-0.4, -0.2) is 32.6 Å². The molecule has 3 heterocycles. The Balaban J connectivity index is 2.06. The Labute approximate surface area is 124 Å². The summed E-state index contributed by atoms with van der Waals surface area (Å²) in [6.45, 7) is 5.89. The van der Waals surface area contributed by atoms with Crippen LogP contribution in [0.3, 0.4) is 0 Å². The number of fused-ring (bicyclic) bond motifs is 1. The topological polar surface area (TPSA) is 39.9 Å². The van der Waals surface area contributed by atoms with Crippen LogP contribution in [0, 0.1) is 6.92 Å². The highest BCUT2D eigenvalue weighted by molar-refractivity contribution is 6.17. The smallest absolute Gasteiger partial charge is 0.160 e. The van der Waals surface area contributed by atoms with Gasteiger partial charge in [-0.15, -0.1) is 11.6 Å². The molecule has 2 aromatic heterocycles. The van der Waals surface area contributed by atoms with Crippen LogP contribution in [0.25, 0.3) is 11.2 Å². The minimum absolute atomic E-state index is 0.111. The van der Waals surface area contributed by atoms with Gasteiger partial charge >= 0.3 is 0 Å². The lowest BCUT2D eigenvalue weighted by atomic mass is 10.0. The molecule has 4 nitrogen and oxygen atoms in total. The van der Waals surface area contributed by atoms with E-state index in [0.717, 1.165) is 55.0 Å². The first kappa shape index (κ1) is 13.8. The number of pyridine rings is 1. The van der Waals surface area contributed by atoms with Gasteiger partial charge in [0.15, 0.2) is 5.65 Å². The normalized spacial score (nSPS) is 22.8. The molecule has 3 rings (SSSR count). The van der Waals surface area contributed by atoms with Gasteiger partial charge in [0, 0.05) is 25.1 Å². The Kier molecular flexibility index (Phi) is 3.69. The fraction of sp³-hybridized carbons (Fsp3) is 0.600. The Hall–Kier alpha value is -1.13. The quantitative estimate of drug-likeness (QED) is 0.813. The van der Waals surface area contributed by atoms with E-state index in [-0.39, 0.29) is 5.60 Å². The van der Waals surface area contributed by atoms with Gasteiger partial charge in [0.05, 0.1) is 12.1 Å². The van der Waals surface area contributed by atoms with E-state index < -0.39 is 0 Å². The number of imidazole rings is 1. The summed E-state index contributed by atoms with van der Waals surface area (Å²) < 4.78 is 8.11. The van der Waals surface area contributed by atoms with Crippen molar-refractivity contribution in [2.24, 2.45) is 0 Å². The largest absolute Gasteiger partial charge is 0.373 e. The van der Waals surface area contributed by atoms with Gasteiger partial charge in [-0.1, -0.05) is 0 Å². The van der Waals surface area contributed by atoms with E-state index >= 15 is 0 Å². The van der Waals surface area contributed by atoms with Crippen molar-refractivity contribution in [3.63, 3.8) is 0 Å². The van der Waals surface area contributed by atoms with Crippen molar-refractivity contribution in [1.82, 2.24) is 14.5 Å². The maximum atomic E-state index is 5.92. The fourth-order valence-corrected chi connectivity index (χ4v) is 3.09. The van der Waals surface area contributed by atoms with E-state index in [1.54, 1.807) is 0 Å². The molecule has 0 spiro atoms. The van der Waals surface area contributed by atoms with Crippen LogP contribution >= 0.6 is 11.6 Å². The zero-order chi connectivity index (χ0) is 14.2. The zero-order valence-electron chi connectivity index (χ0n) is 12.0. The number of nitrogens with zero attached hydrogens (tertiary/aromatic N) is 3. The van der Waals surface area contributed by atoms with Gasteiger partial charge < -0.3 is 9.30 Å². The monoisotopic (exact) mass is 293 g/mol. The van der Waals surface area contributed by atoms with E-state index in [9.17, 15) is 0 Å². The fourth-order valence-electron chi connectivity index (χ4n) is 2.92. The number of alkyl halides is 1. The van der Waals surface area contributed by atoms with Gasteiger partial charge in [0.25, 0.3) is 0 Å². The number of ether oxygens (including phenoxy) is 1. The second-order valence-electron chi connectivity index (χ2n) is 5.76. The standard InChI is InChI=1S/C15H20ClN3O/c1-11-5-8-17-14-13(11)18-12(4-7-16)19(14)10-15(2)6-3-9-20-15/h5,8H,3-4,6-7,9-10H2,1-2H3. The minimum atomic E-state index is -0.111. The Bertz CT molecular complexity index is 617. The van der Waals surface area contributed by atoms with Gasteiger partial charge in [0.1, 0.15) is 11.3 Å². The molecule has 0 saturated carbocycles. The molecular formula is C15H20ClN3O. The molecule has 0 aliphatic carbocycles. The molecule has 1 fully saturated rings. The molecule has 0 N–H and O–H groups in total. The number of rotatable bonds is 4. The Morgan fingerprint density at radius 2 is 2.35 bits per heavy atom. The lowest BCUT2D eigenvalue weighted by Crippen LogP contribution is -2.30. The number of aryl methyl sites for hydroxylation is 2. The van der Waals surface area contributed by atoms with Crippen LogP contribution in [0.1, 0.15) is 31.2 Å². The predicted octanol–water partition coefficient (Wildman–Crippen LogP) is 3.09. The highest BCUT2D eigenvalue weighted by atomic mass is 35.5. The van der Waals surface area contributed by atoms with E-state index in [1.807, 2.05) is 12.3 Å². The van der Waals surface area contributed by atoms with Crippen LogP contribution in [0.15, 0.2) is 12.3 Å². The summed E-state index contributed by atoms with van der Waals surface area (Å²) in [7, 11) is 0. The molecule has 2 aromatic rings. The van der Waals surface area contributed by atoms with E-state index in [4.69, 9.17) is 21.3 Å². The first-order chi connectivity index (χ1) is 9.63. The molecule has 1 saturated heterocycles. The van der Waals surface area contributed by atoms with Crippen molar-refractivity contribution in [3.05, 3.63) is 23.7 Å². The van der Waals surface area contributed by atoms with Gasteiger partial charge in [0.2, 0.25) is 0 Å². The molecule has 5 heteroatoms. The van der Waals surface area contributed by atoms with Crippen LogP contribution in [0.2, 0.25) is 0 Å². The third kappa shape index (κ3) is 2.42. The van der Waals surface area contributed by atoms with Crippen molar-refractivity contribution < 1.29 is 4.74 Å². The molecule has 1 aliphatic heterocycles. The molecule has 1 unspecified atom stereocenters. The average Bonchev–Trinajstić information content (AvgIpc) is 2.98. The number of aromatic nitrogens is 3. The zero-order valence-corrected chi connectivity index (χ0v) is 12.8. The summed E-state index contributed by atoms with van der Waals surface area (Å²) in [5.41, 5.74) is 2.97. The van der Waals surface area contributed by atoms with Crippen LogP contribution in [0.5, 0.6) is 0 Å². The predicted molar refractivity (Wildman–Crippen MR) is 80.3 cm³/mol. The Morgan fingerprint density at radius 3 is 3.05 bits per heavy atom. The summed E-state index contributed by atoms with van der Waals surface area (Å²) in [5.74, 6) is 1.58. The molecule has 0 bridgehead atoms. The molecule has 0 aromatic carbocycles. The second-order valence-corrected chi connectivity index (χ2v) is 6.13. The van der Waals surface area contributed by atoms with Crippen molar-refractivity contribution in [2.45, 2.75) is 45.3 Å². The Morgan fingerprint density at radius 1 is 1.50 bits per heavy atom. The minimum Gasteiger partial charge on any atom is -0.373 e. The van der Waals surface area contributed by atoms with Gasteiger partial charge in [-0.05, 0) is 38.3 Å². The third-order valence-electron chi connectivity index (χ3n) is 4.03. The number of hydrogen-bond donors (Lipinski definition) is 0. The second kappa shape index (κ2) is 5.34. The molecule has 1 atom stereocenters. The summed E-state index contributed by atoms with van der Waals surface area (Å²) in [6.07, 6.45) is 4.81. The first-order valence-corrected chi connectivity index (χ1v) is 7.67. The molecule has 0 radical (unpaired) electrons. The highest BCUT2D eigenvalue weighted by Gasteiger charge is 2.31. The summed E-state index contributed by atoms with van der Waals surface area (Å²) in [5, 5.41) is 0. The van der Waals surface area contributed by atoms with Gasteiger partial charge in [-0.3, -0.25) is 0 Å². The lowest BCUT2D eigenvalue weighted by Gasteiger charge is -2.24. The van der Waals surface area contributed by atoms with E-state index in [0.29, 0.717) is 5.88 Å². The van der Waals surface area contributed by atoms with E-state index in [2.05, 4.69) is 23.4 Å². The summed E-state index contributed by atoms with van der Waals surface area (Å²) in [4.78, 5) is 9.26. The van der Waals surface area contributed by atoms with Crippen LogP contribution < -0.4 is 0 Å². The van der Waals surface area contributed by atoms with Gasteiger partial charge in [-0.25, -0.2) is 9.97 Å².